The molecule has 1 aromatic heterocycles. The van der Waals surface area contributed by atoms with Gasteiger partial charge in [-0.25, -0.2) is 13.4 Å². The highest BCUT2D eigenvalue weighted by molar-refractivity contribution is 9.08. The number of ether oxygens (including phenoxy) is 2. The summed E-state index contributed by atoms with van der Waals surface area (Å²) in [5, 5.41) is 3.56. The van der Waals surface area contributed by atoms with Crippen molar-refractivity contribution in [1.82, 2.24) is 9.29 Å². The fourth-order valence-corrected chi connectivity index (χ4v) is 6.24. The molecule has 1 aliphatic heterocycles. The summed E-state index contributed by atoms with van der Waals surface area (Å²) in [7, 11) is -0.258. The monoisotopic (exact) mass is 537 g/mol. The van der Waals surface area contributed by atoms with Crippen LogP contribution in [0.4, 0.5) is 5.13 Å². The van der Waals surface area contributed by atoms with E-state index in [1.165, 1.54) is 0 Å². The minimum absolute atomic E-state index is 0.332. The smallest absolute Gasteiger partial charge is 0.243 e. The van der Waals surface area contributed by atoms with Crippen molar-refractivity contribution >= 4 is 42.4 Å². The van der Waals surface area contributed by atoms with Gasteiger partial charge in [-0.3, -0.25) is 0 Å². The number of thiazole rings is 1. The van der Waals surface area contributed by atoms with Crippen molar-refractivity contribution in [2.24, 2.45) is 0 Å². The van der Waals surface area contributed by atoms with Crippen LogP contribution in [0.2, 0.25) is 0 Å². The molecule has 10 heteroatoms. The van der Waals surface area contributed by atoms with Gasteiger partial charge in [-0.1, -0.05) is 28.1 Å². The van der Waals surface area contributed by atoms with Crippen molar-refractivity contribution in [3.63, 3.8) is 0 Å². The molecule has 4 rings (SSSR count). The first kappa shape index (κ1) is 23.0. The first-order chi connectivity index (χ1) is 15.5. The van der Waals surface area contributed by atoms with Gasteiger partial charge in [0.05, 0.1) is 24.8 Å². The van der Waals surface area contributed by atoms with Gasteiger partial charge in [0.2, 0.25) is 10.0 Å². The molecule has 0 unspecified atom stereocenters. The average molecular weight is 538 g/mol. The van der Waals surface area contributed by atoms with Gasteiger partial charge in [0.15, 0.2) is 5.13 Å². The molecule has 1 fully saturated rings. The topological polar surface area (TPSA) is 72.0 Å². The van der Waals surface area contributed by atoms with Crippen molar-refractivity contribution in [2.45, 2.75) is 10.2 Å². The van der Waals surface area contributed by atoms with E-state index in [4.69, 9.17) is 14.5 Å². The van der Waals surface area contributed by atoms with E-state index < -0.39 is 10.0 Å². The highest BCUT2D eigenvalue weighted by atomic mass is 79.9. The Hall–Kier alpha value is -2.14. The number of sulfonamides is 1. The number of halogens is 1. The number of aromatic nitrogens is 1. The van der Waals surface area contributed by atoms with Crippen LogP contribution in [0.3, 0.4) is 0 Å². The van der Waals surface area contributed by atoms with Crippen molar-refractivity contribution < 1.29 is 17.9 Å². The van der Waals surface area contributed by atoms with Gasteiger partial charge in [0.1, 0.15) is 11.5 Å². The lowest BCUT2D eigenvalue weighted by Crippen LogP contribution is -2.48. The van der Waals surface area contributed by atoms with Crippen LogP contribution in [0.25, 0.3) is 11.3 Å². The van der Waals surface area contributed by atoms with Gasteiger partial charge < -0.3 is 14.4 Å². The molecule has 3 aromatic rings. The number of methoxy groups -OCH3 is 2. The zero-order valence-electron chi connectivity index (χ0n) is 17.8. The van der Waals surface area contributed by atoms with Gasteiger partial charge >= 0.3 is 0 Å². The molecule has 2 heterocycles. The van der Waals surface area contributed by atoms with E-state index in [0.717, 1.165) is 27.7 Å². The second kappa shape index (κ2) is 9.78. The molecule has 0 spiro atoms. The summed E-state index contributed by atoms with van der Waals surface area (Å²) in [4.78, 5) is 7.25. The highest BCUT2D eigenvalue weighted by Gasteiger charge is 2.29. The van der Waals surface area contributed by atoms with Crippen LogP contribution in [0.5, 0.6) is 11.5 Å². The number of piperazine rings is 1. The summed E-state index contributed by atoms with van der Waals surface area (Å²) >= 11 is 4.93. The first-order valence-electron chi connectivity index (χ1n) is 10.0. The Morgan fingerprint density at radius 2 is 1.75 bits per heavy atom. The lowest BCUT2D eigenvalue weighted by atomic mass is 10.1. The highest BCUT2D eigenvalue weighted by Crippen LogP contribution is 2.36. The maximum Gasteiger partial charge on any atom is 0.243 e. The summed E-state index contributed by atoms with van der Waals surface area (Å²) in [6.07, 6.45) is 0. The zero-order valence-corrected chi connectivity index (χ0v) is 21.0. The molecule has 170 valence electrons. The van der Waals surface area contributed by atoms with E-state index in [2.05, 4.69) is 20.8 Å². The van der Waals surface area contributed by atoms with Crippen molar-refractivity contribution in [2.75, 3.05) is 45.3 Å². The van der Waals surface area contributed by atoms with Crippen LogP contribution >= 0.6 is 27.3 Å². The Morgan fingerprint density at radius 3 is 2.38 bits per heavy atom. The maximum atomic E-state index is 13.0. The maximum absolute atomic E-state index is 13.0. The van der Waals surface area contributed by atoms with E-state index in [1.807, 2.05) is 35.7 Å². The first-order valence-corrected chi connectivity index (χ1v) is 13.5. The number of rotatable bonds is 7. The Kier molecular flexibility index (Phi) is 7.04. The Bertz CT molecular complexity index is 1170. The standard InChI is InChI=1S/C22H24BrN3O4S2/c1-29-17-5-8-19(21(13-17)30-2)20-15-31-22(24-20)25-9-11-26(12-10-25)32(27,28)18-6-3-16(14-23)4-7-18/h3-8,13,15H,9-12,14H2,1-2H3. The summed E-state index contributed by atoms with van der Waals surface area (Å²) in [6.45, 7) is 2.02. The van der Waals surface area contributed by atoms with E-state index in [-0.39, 0.29) is 0 Å². The summed E-state index contributed by atoms with van der Waals surface area (Å²) in [5.74, 6) is 1.42. The van der Waals surface area contributed by atoms with Crippen LogP contribution in [0, 0.1) is 0 Å². The summed E-state index contributed by atoms with van der Waals surface area (Å²) in [6, 6.07) is 12.7. The number of anilines is 1. The molecule has 0 radical (unpaired) electrons. The number of nitrogens with zero attached hydrogens (tertiary/aromatic N) is 3. The zero-order chi connectivity index (χ0) is 22.7. The molecule has 0 N–H and O–H groups in total. The molecule has 0 bridgehead atoms. The second-order valence-electron chi connectivity index (χ2n) is 7.25. The molecule has 0 atom stereocenters. The molecule has 7 nitrogen and oxygen atoms in total. The lowest BCUT2D eigenvalue weighted by Gasteiger charge is -2.33. The fraction of sp³-hybridized carbons (Fsp3) is 0.318. The van der Waals surface area contributed by atoms with E-state index >= 15 is 0 Å². The van der Waals surface area contributed by atoms with Crippen LogP contribution in [-0.2, 0) is 15.4 Å². The third-order valence-electron chi connectivity index (χ3n) is 5.40. The van der Waals surface area contributed by atoms with Crippen molar-refractivity contribution in [3.8, 4) is 22.8 Å². The second-order valence-corrected chi connectivity index (χ2v) is 10.6. The van der Waals surface area contributed by atoms with E-state index in [0.29, 0.717) is 42.2 Å². The molecular weight excluding hydrogens is 514 g/mol. The van der Waals surface area contributed by atoms with Gasteiger partial charge in [-0.05, 0) is 29.8 Å². The van der Waals surface area contributed by atoms with Gasteiger partial charge in [-0.2, -0.15) is 4.31 Å². The van der Waals surface area contributed by atoms with Crippen LogP contribution in [-0.4, -0.2) is 58.1 Å². The third-order valence-corrected chi connectivity index (χ3v) is 8.86. The number of hydrogen-bond donors (Lipinski definition) is 0. The minimum atomic E-state index is -3.50. The molecule has 32 heavy (non-hydrogen) atoms. The minimum Gasteiger partial charge on any atom is -0.497 e. The molecule has 1 aliphatic rings. The van der Waals surface area contributed by atoms with E-state index in [1.54, 1.807) is 42.0 Å². The predicted octanol–water partition coefficient (Wildman–Crippen LogP) is 4.23. The average Bonchev–Trinajstić information content (AvgIpc) is 3.33. The fourth-order valence-electron chi connectivity index (χ4n) is 3.56. The van der Waals surface area contributed by atoms with Gasteiger partial charge in [-0.15, -0.1) is 11.3 Å². The van der Waals surface area contributed by atoms with Crippen LogP contribution < -0.4 is 14.4 Å². The predicted molar refractivity (Wildman–Crippen MR) is 131 cm³/mol. The number of alkyl halides is 1. The molecule has 0 aliphatic carbocycles. The largest absolute Gasteiger partial charge is 0.497 e. The SMILES string of the molecule is COc1ccc(-c2csc(N3CCN(S(=O)(=O)c4ccc(CBr)cc4)CC3)n2)c(OC)c1. The summed E-state index contributed by atoms with van der Waals surface area (Å²) in [5.41, 5.74) is 2.76. The molecule has 2 aromatic carbocycles. The van der Waals surface area contributed by atoms with Crippen molar-refractivity contribution in [1.29, 1.82) is 0 Å². The van der Waals surface area contributed by atoms with Gasteiger partial charge in [0, 0.05) is 48.5 Å². The number of hydrogen-bond acceptors (Lipinski definition) is 7. The Morgan fingerprint density at radius 1 is 1.03 bits per heavy atom. The van der Waals surface area contributed by atoms with Crippen LogP contribution in [0.15, 0.2) is 52.7 Å². The van der Waals surface area contributed by atoms with E-state index in [9.17, 15) is 8.42 Å². The Balaban J connectivity index is 1.46. The molecule has 0 amide bonds. The number of benzene rings is 2. The Labute approximate surface area is 200 Å². The molecule has 0 saturated carbocycles. The summed E-state index contributed by atoms with van der Waals surface area (Å²) < 4.78 is 38.3. The molecular formula is C22H24BrN3O4S2. The normalized spacial score (nSPS) is 15.0. The molecule has 1 saturated heterocycles. The lowest BCUT2D eigenvalue weighted by molar-refractivity contribution is 0.384. The third kappa shape index (κ3) is 4.63. The quantitative estimate of drug-likeness (QED) is 0.420. The van der Waals surface area contributed by atoms with Gasteiger partial charge in [0.25, 0.3) is 0 Å². The van der Waals surface area contributed by atoms with Crippen LogP contribution in [0.1, 0.15) is 5.56 Å². The van der Waals surface area contributed by atoms with Crippen molar-refractivity contribution in [3.05, 3.63) is 53.4 Å².